The number of anilines is 1. The van der Waals surface area contributed by atoms with Crippen molar-refractivity contribution in [2.75, 3.05) is 38.3 Å². The minimum atomic E-state index is -0.426. The normalized spacial score (nSPS) is 13.8. The van der Waals surface area contributed by atoms with Crippen molar-refractivity contribution >= 4 is 39.2 Å². The quantitative estimate of drug-likeness (QED) is 0.218. The average Bonchev–Trinajstić information content (AvgIpc) is 2.88. The van der Waals surface area contributed by atoms with Gasteiger partial charge in [-0.2, -0.15) is 0 Å². The van der Waals surface area contributed by atoms with Gasteiger partial charge in [-0.05, 0) is 57.9 Å². The fraction of sp³-hybridized carbons (Fsp3) is 0.240. The molecule has 4 rings (SSSR count). The van der Waals surface area contributed by atoms with E-state index >= 15 is 0 Å². The Labute approximate surface area is 206 Å². The zero-order valence-corrected chi connectivity index (χ0v) is 20.2. The first-order valence-electron chi connectivity index (χ1n) is 10.7. The summed E-state index contributed by atoms with van der Waals surface area (Å²) >= 11 is 3.57. The van der Waals surface area contributed by atoms with Crippen molar-refractivity contribution in [2.24, 2.45) is 4.99 Å². The summed E-state index contributed by atoms with van der Waals surface area (Å²) in [5.74, 6) is 1.06. The molecule has 1 heterocycles. The van der Waals surface area contributed by atoms with Crippen molar-refractivity contribution in [1.29, 1.82) is 0 Å². The fourth-order valence-corrected chi connectivity index (χ4v) is 3.98. The Bertz CT molecular complexity index is 1180. The molecule has 0 bridgehead atoms. The van der Waals surface area contributed by atoms with Crippen LogP contribution >= 0.6 is 15.9 Å². The molecule has 0 amide bonds. The molecule has 8 nitrogen and oxygen atoms in total. The van der Waals surface area contributed by atoms with E-state index in [1.807, 2.05) is 18.2 Å². The van der Waals surface area contributed by atoms with E-state index in [2.05, 4.69) is 38.0 Å². The molecule has 176 valence electrons. The predicted molar refractivity (Wildman–Crippen MR) is 135 cm³/mol. The Morgan fingerprint density at radius 2 is 1.88 bits per heavy atom. The van der Waals surface area contributed by atoms with Crippen molar-refractivity contribution in [3.8, 4) is 11.5 Å². The molecule has 0 unspecified atom stereocenters. The van der Waals surface area contributed by atoms with Crippen LogP contribution in [0.15, 0.2) is 70.1 Å². The maximum absolute atomic E-state index is 11.0. The SMILES string of the molecule is COc1cc(C=Nc2ccc(N3CCOCC3)cc2)c(Br)cc1OCc1cccc([N+](=O)[O-])c1. The molecular formula is C25H24BrN3O5. The third kappa shape index (κ3) is 5.92. The number of aliphatic imine (C=N–C) groups is 1. The first-order chi connectivity index (χ1) is 16.5. The number of benzene rings is 3. The molecule has 0 spiro atoms. The number of halogens is 1. The van der Waals surface area contributed by atoms with Crippen LogP contribution in [0.2, 0.25) is 0 Å². The molecule has 3 aromatic carbocycles. The van der Waals surface area contributed by atoms with Crippen molar-refractivity contribution in [2.45, 2.75) is 6.61 Å². The second-order valence-corrected chi connectivity index (χ2v) is 8.47. The van der Waals surface area contributed by atoms with E-state index in [1.54, 1.807) is 31.5 Å². The Kier molecular flexibility index (Phi) is 7.76. The number of hydrogen-bond donors (Lipinski definition) is 0. The van der Waals surface area contributed by atoms with Crippen molar-refractivity contribution < 1.29 is 19.1 Å². The summed E-state index contributed by atoms with van der Waals surface area (Å²) < 4.78 is 17.6. The summed E-state index contributed by atoms with van der Waals surface area (Å²) in [5.41, 5.74) is 3.55. The van der Waals surface area contributed by atoms with E-state index in [-0.39, 0.29) is 12.3 Å². The summed E-state index contributed by atoms with van der Waals surface area (Å²) in [5, 5.41) is 11.0. The van der Waals surface area contributed by atoms with E-state index in [9.17, 15) is 10.1 Å². The molecule has 1 saturated heterocycles. The summed E-state index contributed by atoms with van der Waals surface area (Å²) in [6, 6.07) is 18.1. The number of nitro groups is 1. The number of ether oxygens (including phenoxy) is 3. The summed E-state index contributed by atoms with van der Waals surface area (Å²) in [4.78, 5) is 17.4. The number of non-ortho nitro benzene ring substituents is 1. The number of nitro benzene ring substituents is 1. The average molecular weight is 526 g/mol. The first kappa shape index (κ1) is 23.7. The minimum absolute atomic E-state index is 0.0267. The molecule has 1 aliphatic rings. The summed E-state index contributed by atoms with van der Waals surface area (Å²) in [6.07, 6.45) is 1.76. The molecule has 1 aliphatic heterocycles. The second-order valence-electron chi connectivity index (χ2n) is 7.61. The Hall–Kier alpha value is -3.43. The van der Waals surface area contributed by atoms with Gasteiger partial charge in [-0.1, -0.05) is 12.1 Å². The third-order valence-corrected chi connectivity index (χ3v) is 6.06. The minimum Gasteiger partial charge on any atom is -0.493 e. The molecule has 0 N–H and O–H groups in total. The maximum Gasteiger partial charge on any atom is 0.269 e. The highest BCUT2D eigenvalue weighted by Crippen LogP contribution is 2.34. The Morgan fingerprint density at radius 3 is 2.59 bits per heavy atom. The highest BCUT2D eigenvalue weighted by Gasteiger charge is 2.12. The van der Waals surface area contributed by atoms with Crippen LogP contribution in [0.1, 0.15) is 11.1 Å². The smallest absolute Gasteiger partial charge is 0.269 e. The molecule has 9 heteroatoms. The molecular weight excluding hydrogens is 502 g/mol. The standard InChI is InChI=1S/C25H24BrN3O5/c1-32-24-14-19(16-27-20-5-7-21(8-6-20)28-9-11-33-12-10-28)23(26)15-25(24)34-17-18-3-2-4-22(13-18)29(30)31/h2-8,13-16H,9-12,17H2,1H3. The number of rotatable bonds is 8. The third-order valence-electron chi connectivity index (χ3n) is 5.38. The van der Waals surface area contributed by atoms with Crippen LogP contribution in [0.5, 0.6) is 11.5 Å². The lowest BCUT2D eigenvalue weighted by Crippen LogP contribution is -2.36. The van der Waals surface area contributed by atoms with Crippen molar-refractivity contribution in [1.82, 2.24) is 0 Å². The van der Waals surface area contributed by atoms with Gasteiger partial charge in [0.1, 0.15) is 6.61 Å². The zero-order valence-electron chi connectivity index (χ0n) is 18.6. The number of morpholine rings is 1. The maximum atomic E-state index is 11.0. The van der Waals surface area contributed by atoms with Gasteiger partial charge in [-0.25, -0.2) is 0 Å². The number of hydrogen-bond acceptors (Lipinski definition) is 7. The van der Waals surface area contributed by atoms with Gasteiger partial charge < -0.3 is 19.1 Å². The Balaban J connectivity index is 1.45. The zero-order chi connectivity index (χ0) is 23.9. The van der Waals surface area contributed by atoms with E-state index in [1.165, 1.54) is 12.1 Å². The topological polar surface area (TPSA) is 86.4 Å². The highest BCUT2D eigenvalue weighted by molar-refractivity contribution is 9.10. The second kappa shape index (κ2) is 11.1. The van der Waals surface area contributed by atoms with Crippen LogP contribution in [-0.2, 0) is 11.3 Å². The molecule has 1 fully saturated rings. The first-order valence-corrected chi connectivity index (χ1v) is 11.5. The number of methoxy groups -OCH3 is 1. The highest BCUT2D eigenvalue weighted by atomic mass is 79.9. The van der Waals surface area contributed by atoms with Crippen LogP contribution in [0.25, 0.3) is 0 Å². The van der Waals surface area contributed by atoms with Crippen LogP contribution in [0.3, 0.4) is 0 Å². The van der Waals surface area contributed by atoms with E-state index in [0.717, 1.165) is 47.7 Å². The fourth-order valence-electron chi connectivity index (χ4n) is 3.56. The van der Waals surface area contributed by atoms with E-state index < -0.39 is 4.92 Å². The molecule has 34 heavy (non-hydrogen) atoms. The largest absolute Gasteiger partial charge is 0.493 e. The van der Waals surface area contributed by atoms with Crippen LogP contribution in [-0.4, -0.2) is 44.6 Å². The van der Waals surface area contributed by atoms with Crippen LogP contribution < -0.4 is 14.4 Å². The van der Waals surface area contributed by atoms with Gasteiger partial charge >= 0.3 is 0 Å². The monoisotopic (exact) mass is 525 g/mol. The molecule has 0 radical (unpaired) electrons. The van der Waals surface area contributed by atoms with E-state index in [4.69, 9.17) is 14.2 Å². The lowest BCUT2D eigenvalue weighted by Gasteiger charge is -2.28. The van der Waals surface area contributed by atoms with Gasteiger partial charge in [-0.15, -0.1) is 0 Å². The van der Waals surface area contributed by atoms with Crippen molar-refractivity contribution in [3.05, 3.63) is 86.4 Å². The van der Waals surface area contributed by atoms with Gasteiger partial charge in [-0.3, -0.25) is 15.1 Å². The molecule has 0 atom stereocenters. The van der Waals surface area contributed by atoms with Crippen molar-refractivity contribution in [3.63, 3.8) is 0 Å². The molecule has 0 aromatic heterocycles. The van der Waals surface area contributed by atoms with Crippen LogP contribution in [0.4, 0.5) is 17.1 Å². The van der Waals surface area contributed by atoms with Gasteiger partial charge in [0.25, 0.3) is 5.69 Å². The van der Waals surface area contributed by atoms with E-state index in [0.29, 0.717) is 17.1 Å². The van der Waals surface area contributed by atoms with Gasteiger partial charge in [0.05, 0.1) is 30.9 Å². The molecule has 0 saturated carbocycles. The molecule has 0 aliphatic carbocycles. The lowest BCUT2D eigenvalue weighted by atomic mass is 10.2. The Morgan fingerprint density at radius 1 is 1.12 bits per heavy atom. The van der Waals surface area contributed by atoms with Crippen LogP contribution in [0, 0.1) is 10.1 Å². The van der Waals surface area contributed by atoms with Gasteiger partial charge in [0, 0.05) is 47.2 Å². The van der Waals surface area contributed by atoms with Gasteiger partial charge in [0.15, 0.2) is 11.5 Å². The lowest BCUT2D eigenvalue weighted by molar-refractivity contribution is -0.384. The summed E-state index contributed by atoms with van der Waals surface area (Å²) in [6.45, 7) is 3.46. The number of nitrogens with zero attached hydrogens (tertiary/aromatic N) is 3. The molecule has 3 aromatic rings. The predicted octanol–water partition coefficient (Wildman–Crippen LogP) is 5.53. The summed E-state index contributed by atoms with van der Waals surface area (Å²) in [7, 11) is 1.56. The van der Waals surface area contributed by atoms with Gasteiger partial charge in [0.2, 0.25) is 0 Å².